The fourth-order valence-corrected chi connectivity index (χ4v) is 3.96. The van der Waals surface area contributed by atoms with Crippen molar-refractivity contribution < 1.29 is 9.47 Å². The van der Waals surface area contributed by atoms with Crippen LogP contribution in [0.4, 0.5) is 0 Å². The molecule has 136 valence electrons. The molecule has 0 saturated heterocycles. The Bertz CT molecular complexity index is 813. The minimum atomic E-state index is 0.423. The molecule has 1 aliphatic rings. The van der Waals surface area contributed by atoms with Gasteiger partial charge in [-0.2, -0.15) is 0 Å². The van der Waals surface area contributed by atoms with E-state index in [4.69, 9.17) is 9.47 Å². The van der Waals surface area contributed by atoms with Gasteiger partial charge in [-0.1, -0.05) is 42.8 Å². The normalized spacial score (nSPS) is 16.7. The first kappa shape index (κ1) is 18.3. The zero-order valence-electron chi connectivity index (χ0n) is 16.2. The van der Waals surface area contributed by atoms with Gasteiger partial charge in [0.05, 0.1) is 14.2 Å². The van der Waals surface area contributed by atoms with Crippen molar-refractivity contribution in [2.24, 2.45) is 0 Å². The standard InChI is InChI=1S/C24H28O2/c1-5-7-8-22-21(6-2)23(17-9-12-19(25-3)13-10-17)15-18-11-14-20(26-4)16-24(18)22/h5,7,9-14,16,23H,6,8,15H2,1-4H3/b7-5+. The molecule has 1 atom stereocenters. The lowest BCUT2D eigenvalue weighted by atomic mass is 9.73. The van der Waals surface area contributed by atoms with E-state index in [9.17, 15) is 0 Å². The summed E-state index contributed by atoms with van der Waals surface area (Å²) in [6.07, 6.45) is 7.45. The summed E-state index contributed by atoms with van der Waals surface area (Å²) in [5.41, 5.74) is 7.11. The first-order valence-corrected chi connectivity index (χ1v) is 9.36. The van der Waals surface area contributed by atoms with Gasteiger partial charge < -0.3 is 9.47 Å². The monoisotopic (exact) mass is 348 g/mol. The Balaban J connectivity index is 2.11. The quantitative estimate of drug-likeness (QED) is 0.581. The fourth-order valence-electron chi connectivity index (χ4n) is 3.96. The van der Waals surface area contributed by atoms with Crippen LogP contribution in [0, 0.1) is 0 Å². The van der Waals surface area contributed by atoms with Gasteiger partial charge in [0.2, 0.25) is 0 Å². The van der Waals surface area contributed by atoms with Gasteiger partial charge in [0.1, 0.15) is 11.5 Å². The van der Waals surface area contributed by atoms with Gasteiger partial charge in [-0.05, 0) is 72.7 Å². The molecule has 0 amide bonds. The lowest BCUT2D eigenvalue weighted by Gasteiger charge is -2.31. The molecular weight excluding hydrogens is 320 g/mol. The summed E-state index contributed by atoms with van der Waals surface area (Å²) < 4.78 is 10.8. The Labute approximate surface area is 157 Å². The van der Waals surface area contributed by atoms with Crippen LogP contribution in [-0.2, 0) is 6.42 Å². The molecule has 2 aromatic rings. The van der Waals surface area contributed by atoms with Crippen molar-refractivity contribution in [3.63, 3.8) is 0 Å². The lowest BCUT2D eigenvalue weighted by molar-refractivity contribution is 0.414. The SMILES string of the molecule is C/C=C/CC1=C(CC)C(c2ccc(OC)cc2)Cc2ccc(OC)cc21. The molecule has 0 heterocycles. The lowest BCUT2D eigenvalue weighted by Crippen LogP contribution is -2.15. The molecule has 2 aromatic carbocycles. The Morgan fingerprint density at radius 1 is 1.00 bits per heavy atom. The summed E-state index contributed by atoms with van der Waals surface area (Å²) in [6.45, 7) is 4.36. The second kappa shape index (κ2) is 8.27. The summed E-state index contributed by atoms with van der Waals surface area (Å²) in [5.74, 6) is 2.26. The largest absolute Gasteiger partial charge is 0.497 e. The number of allylic oxidation sites excluding steroid dienone is 4. The predicted molar refractivity (Wildman–Crippen MR) is 109 cm³/mol. The highest BCUT2D eigenvalue weighted by Crippen LogP contribution is 2.44. The summed E-state index contributed by atoms with van der Waals surface area (Å²) >= 11 is 0. The second-order valence-corrected chi connectivity index (χ2v) is 6.68. The molecule has 0 N–H and O–H groups in total. The first-order valence-electron chi connectivity index (χ1n) is 9.36. The molecule has 2 nitrogen and oxygen atoms in total. The third-order valence-electron chi connectivity index (χ3n) is 5.33. The molecule has 0 spiro atoms. The van der Waals surface area contributed by atoms with Crippen LogP contribution in [0.3, 0.4) is 0 Å². The van der Waals surface area contributed by atoms with Crippen molar-refractivity contribution >= 4 is 5.57 Å². The van der Waals surface area contributed by atoms with E-state index >= 15 is 0 Å². The number of fused-ring (bicyclic) bond motifs is 1. The van der Waals surface area contributed by atoms with Crippen molar-refractivity contribution in [1.29, 1.82) is 0 Å². The van der Waals surface area contributed by atoms with Crippen molar-refractivity contribution in [3.8, 4) is 11.5 Å². The van der Waals surface area contributed by atoms with Gasteiger partial charge in [0.25, 0.3) is 0 Å². The van der Waals surface area contributed by atoms with E-state index in [0.29, 0.717) is 5.92 Å². The molecule has 1 aliphatic carbocycles. The third kappa shape index (κ3) is 3.55. The molecule has 2 heteroatoms. The smallest absolute Gasteiger partial charge is 0.119 e. The van der Waals surface area contributed by atoms with Crippen molar-refractivity contribution in [1.82, 2.24) is 0 Å². The van der Waals surface area contributed by atoms with E-state index in [-0.39, 0.29) is 0 Å². The first-order chi connectivity index (χ1) is 12.7. The molecule has 0 saturated carbocycles. The Morgan fingerprint density at radius 2 is 1.69 bits per heavy atom. The number of methoxy groups -OCH3 is 2. The molecule has 0 aliphatic heterocycles. The molecule has 3 rings (SSSR count). The molecule has 26 heavy (non-hydrogen) atoms. The number of rotatable bonds is 6. The Morgan fingerprint density at radius 3 is 2.31 bits per heavy atom. The van der Waals surface area contributed by atoms with E-state index in [1.165, 1.54) is 27.8 Å². The van der Waals surface area contributed by atoms with E-state index < -0.39 is 0 Å². The number of hydrogen-bond acceptors (Lipinski definition) is 2. The maximum atomic E-state index is 5.48. The van der Waals surface area contributed by atoms with Crippen molar-refractivity contribution in [2.45, 2.75) is 39.0 Å². The molecular formula is C24H28O2. The number of ether oxygens (including phenoxy) is 2. The maximum Gasteiger partial charge on any atom is 0.119 e. The zero-order valence-corrected chi connectivity index (χ0v) is 16.2. The average Bonchev–Trinajstić information content (AvgIpc) is 2.70. The second-order valence-electron chi connectivity index (χ2n) is 6.68. The van der Waals surface area contributed by atoms with Crippen LogP contribution < -0.4 is 9.47 Å². The van der Waals surface area contributed by atoms with Gasteiger partial charge in [-0.3, -0.25) is 0 Å². The highest BCUT2D eigenvalue weighted by atomic mass is 16.5. The minimum absolute atomic E-state index is 0.423. The molecule has 0 aromatic heterocycles. The van der Waals surface area contributed by atoms with E-state index in [2.05, 4.69) is 68.5 Å². The van der Waals surface area contributed by atoms with Crippen molar-refractivity contribution in [3.05, 3.63) is 76.9 Å². The third-order valence-corrected chi connectivity index (χ3v) is 5.33. The van der Waals surface area contributed by atoms with Gasteiger partial charge in [0.15, 0.2) is 0 Å². The van der Waals surface area contributed by atoms with Crippen LogP contribution in [0.15, 0.2) is 60.2 Å². The van der Waals surface area contributed by atoms with Crippen molar-refractivity contribution in [2.75, 3.05) is 14.2 Å². The van der Waals surface area contributed by atoms with Crippen LogP contribution in [0.2, 0.25) is 0 Å². The Kier molecular flexibility index (Phi) is 5.82. The van der Waals surface area contributed by atoms with E-state index in [1.54, 1.807) is 14.2 Å². The van der Waals surface area contributed by atoms with Crippen LogP contribution in [-0.4, -0.2) is 14.2 Å². The summed E-state index contributed by atoms with van der Waals surface area (Å²) in [4.78, 5) is 0. The van der Waals surface area contributed by atoms with E-state index in [0.717, 1.165) is 30.8 Å². The summed E-state index contributed by atoms with van der Waals surface area (Å²) in [6, 6.07) is 15.1. The van der Waals surface area contributed by atoms with E-state index in [1.807, 2.05) is 0 Å². The molecule has 1 unspecified atom stereocenters. The Hall–Kier alpha value is -2.48. The van der Waals surface area contributed by atoms with Gasteiger partial charge >= 0.3 is 0 Å². The van der Waals surface area contributed by atoms with Gasteiger partial charge in [0, 0.05) is 5.92 Å². The summed E-state index contributed by atoms with van der Waals surface area (Å²) in [5, 5.41) is 0. The average molecular weight is 348 g/mol. The van der Waals surface area contributed by atoms with Crippen LogP contribution in [0.5, 0.6) is 11.5 Å². The zero-order chi connectivity index (χ0) is 18.5. The van der Waals surface area contributed by atoms with Gasteiger partial charge in [-0.25, -0.2) is 0 Å². The minimum Gasteiger partial charge on any atom is -0.497 e. The fraction of sp³-hybridized carbons (Fsp3) is 0.333. The topological polar surface area (TPSA) is 18.5 Å². The van der Waals surface area contributed by atoms with Crippen LogP contribution in [0.1, 0.15) is 49.3 Å². The predicted octanol–water partition coefficient (Wildman–Crippen LogP) is 6.17. The van der Waals surface area contributed by atoms with Gasteiger partial charge in [-0.15, -0.1) is 0 Å². The molecule has 0 bridgehead atoms. The maximum absolute atomic E-state index is 5.48. The number of benzene rings is 2. The van der Waals surface area contributed by atoms with Crippen LogP contribution in [0.25, 0.3) is 5.57 Å². The number of hydrogen-bond donors (Lipinski definition) is 0. The summed E-state index contributed by atoms with van der Waals surface area (Å²) in [7, 11) is 3.45. The highest BCUT2D eigenvalue weighted by molar-refractivity contribution is 5.77. The molecule has 0 radical (unpaired) electrons. The highest BCUT2D eigenvalue weighted by Gasteiger charge is 2.27. The molecule has 0 fully saturated rings. The van der Waals surface area contributed by atoms with Crippen LogP contribution >= 0.6 is 0 Å².